The minimum absolute atomic E-state index is 0. The molecule has 22 heavy (non-hydrogen) atoms. The van der Waals surface area contributed by atoms with Crippen LogP contribution in [0.3, 0.4) is 0 Å². The number of carboxylic acids is 4. The van der Waals surface area contributed by atoms with Gasteiger partial charge >= 0.3 is 66.8 Å². The third-order valence-electron chi connectivity index (χ3n) is 0. The van der Waals surface area contributed by atoms with E-state index in [1.165, 1.54) is 0 Å². The normalized spacial score (nSPS) is 5.64. The summed E-state index contributed by atoms with van der Waals surface area (Å²) in [5.74, 6) is -4.33. The maximum Gasteiger partial charge on any atom is 2.00 e. The predicted molar refractivity (Wildman–Crippen MR) is 68.0 cm³/mol. The molecule has 0 aromatic heterocycles. The van der Waals surface area contributed by atoms with Gasteiger partial charge in [-0.1, -0.05) is 0 Å². The van der Waals surface area contributed by atoms with Crippen molar-refractivity contribution >= 4 is 90.7 Å². The van der Waals surface area contributed by atoms with Crippen molar-refractivity contribution in [2.45, 2.75) is 27.7 Å². The van der Waals surface area contributed by atoms with E-state index in [0.717, 1.165) is 27.7 Å². The van der Waals surface area contributed by atoms with Crippen LogP contribution in [0.1, 0.15) is 27.7 Å². The van der Waals surface area contributed by atoms with Crippen LogP contribution in [-0.2, 0) is 19.2 Å². The van der Waals surface area contributed by atoms with Crippen molar-refractivity contribution in [3.63, 3.8) is 0 Å². The molecule has 120 valence electrons. The molecule has 11 nitrogen and oxygen atoms in total. The van der Waals surface area contributed by atoms with Gasteiger partial charge in [-0.3, -0.25) is 0 Å². The Morgan fingerprint density at radius 2 is 0.591 bits per heavy atom. The van der Waals surface area contributed by atoms with Gasteiger partial charge in [0.25, 0.3) is 0 Å². The first kappa shape index (κ1) is 42.9. The molecule has 0 saturated heterocycles. The predicted octanol–water partition coefficient (Wildman–Crippen LogP) is -6.71. The Hall–Kier alpha value is -0.824. The molecule has 0 aliphatic carbocycles. The largest absolute Gasteiger partial charge is 2.00 e. The molecule has 0 radical (unpaired) electrons. The Morgan fingerprint density at radius 1 is 0.591 bits per heavy atom. The number of carbonyl (C=O) groups is 5. The van der Waals surface area contributed by atoms with E-state index in [2.05, 4.69) is 11.5 Å². The second-order valence-corrected chi connectivity index (χ2v) is 2.37. The number of carbonyl (C=O) groups excluding carboxylic acids is 5. The Kier molecular flexibility index (Phi) is 72.0. The molecule has 0 aromatic rings. The van der Waals surface area contributed by atoms with E-state index in [1.54, 1.807) is 0 Å². The number of primary amides is 2. The molecule has 0 aliphatic rings. The number of aliphatic carboxylic acids is 4. The smallest absolute Gasteiger partial charge is 0.550 e. The third-order valence-corrected chi connectivity index (χ3v) is 0. The average molecular weight is 361 g/mol. The zero-order valence-corrected chi connectivity index (χ0v) is 16.4. The van der Waals surface area contributed by atoms with Crippen molar-refractivity contribution in [1.82, 2.24) is 0 Å². The summed E-state index contributed by atoms with van der Waals surface area (Å²) in [4.78, 5) is 44.6. The maximum absolute atomic E-state index is 9.00. The number of hydrogen-bond acceptors (Lipinski definition) is 9. The van der Waals surface area contributed by atoms with Crippen LogP contribution in [0.2, 0.25) is 0 Å². The van der Waals surface area contributed by atoms with Gasteiger partial charge in [0, 0.05) is 23.9 Å². The zero-order valence-electron chi connectivity index (χ0n) is 12.7. The zero-order chi connectivity index (χ0) is 17.9. The molecule has 0 aliphatic heterocycles. The fraction of sp³-hybridized carbons (Fsp3) is 0.444. The second kappa shape index (κ2) is 36.9. The first-order valence-corrected chi connectivity index (χ1v) is 4.41. The first-order chi connectivity index (χ1) is 8.66. The Balaban J connectivity index is -0.0000000250. The molecule has 0 bridgehead atoms. The minimum Gasteiger partial charge on any atom is -0.550 e. The number of rotatable bonds is 0. The van der Waals surface area contributed by atoms with Gasteiger partial charge in [0.05, 0.1) is 0 Å². The maximum atomic E-state index is 9.00. The number of amides is 2. The van der Waals surface area contributed by atoms with E-state index in [4.69, 9.17) is 44.4 Å². The van der Waals surface area contributed by atoms with E-state index in [9.17, 15) is 0 Å². The molecule has 0 spiro atoms. The average Bonchev–Trinajstić information content (AvgIpc) is 1.94. The second-order valence-electron chi connectivity index (χ2n) is 2.37. The van der Waals surface area contributed by atoms with E-state index in [-0.39, 0.29) is 60.8 Å². The summed E-state index contributed by atoms with van der Waals surface area (Å²) in [7, 11) is 0. The van der Waals surface area contributed by atoms with Crippen LogP contribution in [0.4, 0.5) is 4.79 Å². The topological polar surface area (TPSA) is 230 Å². The monoisotopic (exact) mass is 360 g/mol. The van der Waals surface area contributed by atoms with Crippen molar-refractivity contribution in [3.05, 3.63) is 0 Å². The van der Waals surface area contributed by atoms with Gasteiger partial charge in [-0.05, 0) is 27.7 Å². The number of carboxylic acid groups (broad SMARTS) is 4. The number of nitrogens with two attached hydrogens (primary N) is 2. The fourth-order valence-electron chi connectivity index (χ4n) is 0. The van der Waals surface area contributed by atoms with Crippen LogP contribution in [0.25, 0.3) is 0 Å². The molecular formula is C9H16CaMgN2O9. The summed E-state index contributed by atoms with van der Waals surface area (Å²) in [6.45, 7) is 3.89. The van der Waals surface area contributed by atoms with Crippen LogP contribution >= 0.6 is 0 Å². The molecule has 0 unspecified atom stereocenters. The van der Waals surface area contributed by atoms with E-state index in [1.807, 2.05) is 0 Å². The quantitative estimate of drug-likeness (QED) is 0.390. The van der Waals surface area contributed by atoms with Gasteiger partial charge in [0.15, 0.2) is 0 Å². The summed E-state index contributed by atoms with van der Waals surface area (Å²) >= 11 is 0. The van der Waals surface area contributed by atoms with Crippen molar-refractivity contribution in [2.24, 2.45) is 11.5 Å². The van der Waals surface area contributed by atoms with E-state index in [0.29, 0.717) is 0 Å². The molecule has 0 aromatic carbocycles. The standard InChI is InChI=1S/4C2H4O2.CH4N2O.Ca.Mg/c4*1-2(3)4;2-1(3)4;;/h4*1H3,(H,3,4);(H4,2,3,4);;/q;;;;;2*+2/p-4. The molecule has 4 N–H and O–H groups in total. The first-order valence-electron chi connectivity index (χ1n) is 4.41. The summed E-state index contributed by atoms with van der Waals surface area (Å²) in [6, 6.07) is -0.833. The fourth-order valence-corrected chi connectivity index (χ4v) is 0. The summed E-state index contributed by atoms with van der Waals surface area (Å²) in [6.07, 6.45) is 0. The van der Waals surface area contributed by atoms with Gasteiger partial charge in [-0.25, -0.2) is 4.79 Å². The SMILES string of the molecule is CC(=O)[O-].CC(=O)[O-].CC(=O)[O-].CC(=O)[O-].NC(N)=O.[Ca+2].[Mg+2]. The van der Waals surface area contributed by atoms with Gasteiger partial charge < -0.3 is 51.1 Å². The van der Waals surface area contributed by atoms with Crippen molar-refractivity contribution in [1.29, 1.82) is 0 Å². The van der Waals surface area contributed by atoms with Crippen LogP contribution in [0, 0.1) is 0 Å². The number of urea groups is 1. The van der Waals surface area contributed by atoms with E-state index >= 15 is 0 Å². The molecule has 13 heteroatoms. The molecule has 0 fully saturated rings. The Labute approximate surface area is 173 Å². The Morgan fingerprint density at radius 3 is 0.591 bits per heavy atom. The van der Waals surface area contributed by atoms with Gasteiger partial charge in [0.1, 0.15) is 0 Å². The Bertz CT molecular complexity index is 224. The molecule has 0 rings (SSSR count). The van der Waals surface area contributed by atoms with Crippen LogP contribution < -0.4 is 31.9 Å². The van der Waals surface area contributed by atoms with Crippen molar-refractivity contribution in [3.8, 4) is 0 Å². The molecule has 2 amide bonds. The number of hydrogen-bond donors (Lipinski definition) is 2. The molecule has 0 atom stereocenters. The van der Waals surface area contributed by atoms with Gasteiger partial charge in [-0.15, -0.1) is 0 Å². The van der Waals surface area contributed by atoms with Gasteiger partial charge in [0.2, 0.25) is 0 Å². The summed E-state index contributed by atoms with van der Waals surface area (Å²) < 4.78 is 0. The van der Waals surface area contributed by atoms with Crippen molar-refractivity contribution in [2.75, 3.05) is 0 Å². The van der Waals surface area contributed by atoms with Gasteiger partial charge in [-0.2, -0.15) is 0 Å². The summed E-state index contributed by atoms with van der Waals surface area (Å²) in [5.41, 5.74) is 8.50. The summed E-state index contributed by atoms with van der Waals surface area (Å²) in [5, 5.41) is 35.6. The van der Waals surface area contributed by atoms with E-state index < -0.39 is 29.9 Å². The minimum atomic E-state index is -1.08. The molecule has 0 heterocycles. The molecular weight excluding hydrogens is 344 g/mol. The third kappa shape index (κ3) is 9330. The van der Waals surface area contributed by atoms with Crippen LogP contribution in [0.5, 0.6) is 0 Å². The van der Waals surface area contributed by atoms with Crippen LogP contribution in [0.15, 0.2) is 0 Å². The van der Waals surface area contributed by atoms with Crippen molar-refractivity contribution < 1.29 is 44.4 Å². The van der Waals surface area contributed by atoms with Crippen LogP contribution in [-0.4, -0.2) is 90.7 Å². The molecule has 0 saturated carbocycles.